The van der Waals surface area contributed by atoms with E-state index in [1.165, 1.54) is 10.8 Å². The summed E-state index contributed by atoms with van der Waals surface area (Å²) in [6.07, 6.45) is -0.128. The van der Waals surface area contributed by atoms with Crippen molar-refractivity contribution in [3.05, 3.63) is 128 Å². The lowest BCUT2D eigenvalue weighted by Crippen LogP contribution is -2.48. The molecule has 1 saturated carbocycles. The van der Waals surface area contributed by atoms with Crippen molar-refractivity contribution in [3.63, 3.8) is 0 Å². The molecule has 1 saturated heterocycles. The number of aliphatic hydroxyl groups is 1. The topological polar surface area (TPSA) is 138 Å². The second kappa shape index (κ2) is 11.1. The Morgan fingerprint density at radius 3 is 2.07 bits per heavy atom. The smallest absolute Gasteiger partial charge is 0.330 e. The average Bonchev–Trinajstić information content (AvgIpc) is 3.45. The van der Waals surface area contributed by atoms with Crippen LogP contribution in [-0.2, 0) is 15.1 Å². The van der Waals surface area contributed by atoms with E-state index in [0.29, 0.717) is 23.5 Å². The van der Waals surface area contributed by atoms with Crippen LogP contribution in [0.1, 0.15) is 34.9 Å². The van der Waals surface area contributed by atoms with E-state index in [1.54, 1.807) is 21.1 Å². The summed E-state index contributed by atoms with van der Waals surface area (Å²) < 4.78 is 25.7. The molecule has 0 amide bonds. The highest BCUT2D eigenvalue weighted by molar-refractivity contribution is 5.49. The van der Waals surface area contributed by atoms with Crippen molar-refractivity contribution < 1.29 is 24.1 Å². The molecule has 5 atom stereocenters. The Morgan fingerprint density at radius 2 is 1.51 bits per heavy atom. The molecule has 0 unspecified atom stereocenters. The summed E-state index contributed by atoms with van der Waals surface area (Å²) in [7, 11) is 3.23. The summed E-state index contributed by atoms with van der Waals surface area (Å²) >= 11 is 0. The Kier molecular flexibility index (Phi) is 7.47. The minimum Gasteiger partial charge on any atom is -0.497 e. The van der Waals surface area contributed by atoms with E-state index < -0.39 is 46.7 Å². The zero-order valence-electron chi connectivity index (χ0n) is 24.2. The predicted octanol–water partition coefficient (Wildman–Crippen LogP) is 2.85. The minimum absolute atomic E-state index is 0.0428. The van der Waals surface area contributed by atoms with E-state index in [2.05, 4.69) is 4.98 Å². The highest BCUT2D eigenvalue weighted by Crippen LogP contribution is 2.53. The second-order valence-corrected chi connectivity index (χ2v) is 11.2. The van der Waals surface area contributed by atoms with Crippen molar-refractivity contribution in [2.75, 3.05) is 20.8 Å². The van der Waals surface area contributed by atoms with Crippen molar-refractivity contribution >= 4 is 0 Å². The number of aryl methyl sites for hydroxylation is 1. The first-order valence-electron chi connectivity index (χ1n) is 14.1. The molecule has 4 N–H and O–H groups in total. The fourth-order valence-electron chi connectivity index (χ4n) is 6.55. The minimum atomic E-state index is -1.21. The molecule has 1 aliphatic carbocycles. The molecule has 10 nitrogen and oxygen atoms in total. The Hall–Kier alpha value is -4.22. The monoisotopic (exact) mass is 585 g/mol. The molecule has 43 heavy (non-hydrogen) atoms. The van der Waals surface area contributed by atoms with Crippen LogP contribution in [0.5, 0.6) is 11.5 Å². The Morgan fingerprint density at radius 1 is 0.953 bits per heavy atom. The molecule has 2 bridgehead atoms. The average molecular weight is 586 g/mol. The molecule has 4 aromatic rings. The molecule has 0 radical (unpaired) electrons. The van der Waals surface area contributed by atoms with Gasteiger partial charge < -0.3 is 29.8 Å². The molecule has 1 aromatic heterocycles. The summed E-state index contributed by atoms with van der Waals surface area (Å²) in [6.45, 7) is 1.56. The van der Waals surface area contributed by atoms with Gasteiger partial charge in [0.1, 0.15) is 28.9 Å². The lowest BCUT2D eigenvalue weighted by atomic mass is 9.79. The van der Waals surface area contributed by atoms with Gasteiger partial charge in [0.05, 0.1) is 26.9 Å². The number of H-pyrrole nitrogens is 1. The summed E-state index contributed by atoms with van der Waals surface area (Å²) in [6, 6.07) is 24.7. The molecule has 6 rings (SSSR count). The molecular weight excluding hydrogens is 550 g/mol. The fraction of sp³-hybridized carbons (Fsp3) is 0.333. The number of fused-ring (bicyclic) bond motifs is 2. The van der Waals surface area contributed by atoms with Gasteiger partial charge in [-0.25, -0.2) is 4.79 Å². The largest absolute Gasteiger partial charge is 0.497 e. The number of nitrogens with one attached hydrogen (secondary N) is 1. The first kappa shape index (κ1) is 28.9. The molecule has 2 fully saturated rings. The first-order chi connectivity index (χ1) is 20.7. The second-order valence-electron chi connectivity index (χ2n) is 11.2. The van der Waals surface area contributed by atoms with Crippen molar-refractivity contribution in [1.29, 1.82) is 0 Å². The van der Waals surface area contributed by atoms with E-state index in [4.69, 9.17) is 24.7 Å². The van der Waals surface area contributed by atoms with Gasteiger partial charge in [0, 0.05) is 23.7 Å². The fourth-order valence-corrected chi connectivity index (χ4v) is 6.55. The summed E-state index contributed by atoms with van der Waals surface area (Å²) in [5.41, 5.74) is 5.99. The number of aromatic nitrogens is 2. The number of aromatic amines is 1. The van der Waals surface area contributed by atoms with Crippen molar-refractivity contribution in [3.8, 4) is 11.5 Å². The number of benzene rings is 3. The van der Waals surface area contributed by atoms with Crippen LogP contribution in [-0.4, -0.2) is 53.2 Å². The van der Waals surface area contributed by atoms with E-state index in [1.807, 2.05) is 78.9 Å². The van der Waals surface area contributed by atoms with E-state index in [-0.39, 0.29) is 6.61 Å². The zero-order valence-corrected chi connectivity index (χ0v) is 24.2. The molecule has 10 heteroatoms. The third kappa shape index (κ3) is 4.76. The third-order valence-electron chi connectivity index (χ3n) is 8.79. The number of ether oxygens (including phenoxy) is 4. The SMILES string of the molecule is COc1ccc(C(OC[C@@]23C[C@H](N)[C@@H]([C@H](n4cc(C)c(=O)[nH]c4=O)O2)[C@@H]3O)(c2ccccc2)c2ccc(OC)cc2)cc1. The lowest BCUT2D eigenvalue weighted by molar-refractivity contribution is -0.171. The van der Waals surface area contributed by atoms with E-state index >= 15 is 0 Å². The van der Waals surface area contributed by atoms with Crippen LogP contribution in [0.3, 0.4) is 0 Å². The van der Waals surface area contributed by atoms with Gasteiger partial charge in [-0.05, 0) is 54.3 Å². The molecule has 224 valence electrons. The third-order valence-corrected chi connectivity index (χ3v) is 8.79. The quantitative estimate of drug-likeness (QED) is 0.255. The number of methoxy groups -OCH3 is 2. The van der Waals surface area contributed by atoms with Crippen LogP contribution in [0.4, 0.5) is 0 Å². The molecule has 3 aromatic carbocycles. The molecule has 1 aliphatic heterocycles. The van der Waals surface area contributed by atoms with Gasteiger partial charge in [-0.15, -0.1) is 0 Å². The maximum absolute atomic E-state index is 12.8. The van der Waals surface area contributed by atoms with Crippen LogP contribution in [0.25, 0.3) is 0 Å². The lowest BCUT2D eigenvalue weighted by Gasteiger charge is -2.40. The molecule has 2 heterocycles. The maximum atomic E-state index is 12.8. The number of hydrogen-bond acceptors (Lipinski definition) is 8. The van der Waals surface area contributed by atoms with Gasteiger partial charge in [-0.3, -0.25) is 14.3 Å². The number of hydrogen-bond donors (Lipinski definition) is 3. The van der Waals surface area contributed by atoms with Crippen LogP contribution < -0.4 is 26.5 Å². The van der Waals surface area contributed by atoms with Crippen LogP contribution in [0.15, 0.2) is 94.6 Å². The van der Waals surface area contributed by atoms with Crippen LogP contribution >= 0.6 is 0 Å². The summed E-state index contributed by atoms with van der Waals surface area (Å²) in [5, 5.41) is 11.6. The highest BCUT2D eigenvalue weighted by atomic mass is 16.6. The van der Waals surface area contributed by atoms with Crippen molar-refractivity contribution in [2.24, 2.45) is 11.7 Å². The van der Waals surface area contributed by atoms with Gasteiger partial charge in [-0.1, -0.05) is 54.6 Å². The standard InChI is InChI=1S/C33H35N3O7/c1-20-18-36(31(39)35-29(20)38)30-27-26(34)17-32(43-30,28(27)37)19-42-33(21-7-5-4-6-8-21,22-9-13-24(40-2)14-10-22)23-11-15-25(41-3)16-12-23/h4-16,18,26-28,30,37H,17,19,34H2,1-3H3,(H,35,38,39)/t26-,27+,28-,30+,32+/m0/s1. The zero-order chi connectivity index (χ0) is 30.4. The highest BCUT2D eigenvalue weighted by Gasteiger charge is 2.64. The predicted molar refractivity (Wildman–Crippen MR) is 159 cm³/mol. The normalized spacial score (nSPS) is 24.7. The first-order valence-corrected chi connectivity index (χ1v) is 14.1. The molecular formula is C33H35N3O7. The number of nitrogens with zero attached hydrogens (tertiary/aromatic N) is 1. The Balaban J connectivity index is 1.46. The molecule has 0 spiro atoms. The maximum Gasteiger partial charge on any atom is 0.330 e. The summed E-state index contributed by atoms with van der Waals surface area (Å²) in [5.74, 6) is 0.810. The van der Waals surface area contributed by atoms with Crippen LogP contribution in [0.2, 0.25) is 0 Å². The summed E-state index contributed by atoms with van der Waals surface area (Å²) in [4.78, 5) is 27.2. The van der Waals surface area contributed by atoms with Gasteiger partial charge in [0.15, 0.2) is 0 Å². The van der Waals surface area contributed by atoms with Gasteiger partial charge in [0.25, 0.3) is 5.56 Å². The number of nitrogens with two attached hydrogens (primary N) is 1. The van der Waals surface area contributed by atoms with Crippen molar-refractivity contribution in [1.82, 2.24) is 9.55 Å². The van der Waals surface area contributed by atoms with Crippen LogP contribution in [0, 0.1) is 12.8 Å². The van der Waals surface area contributed by atoms with Crippen molar-refractivity contribution in [2.45, 2.75) is 42.9 Å². The Bertz CT molecular complexity index is 1650. The Labute approximate surface area is 248 Å². The van der Waals surface area contributed by atoms with Gasteiger partial charge in [-0.2, -0.15) is 0 Å². The van der Waals surface area contributed by atoms with E-state index in [0.717, 1.165) is 16.7 Å². The molecule has 2 aliphatic rings. The van der Waals surface area contributed by atoms with Gasteiger partial charge >= 0.3 is 5.69 Å². The van der Waals surface area contributed by atoms with Gasteiger partial charge in [0.2, 0.25) is 0 Å². The number of rotatable bonds is 9. The van der Waals surface area contributed by atoms with E-state index in [9.17, 15) is 14.7 Å². The number of aliphatic hydroxyl groups excluding tert-OH is 1.